The average Bonchev–Trinajstić information content (AvgIpc) is 3.29. The first kappa shape index (κ1) is 27.7. The summed E-state index contributed by atoms with van der Waals surface area (Å²) in [6, 6.07) is 20.8. The number of hydrogen-bond donors (Lipinski definition) is 2. The molecule has 0 aliphatic carbocycles. The Morgan fingerprint density at radius 3 is 2.55 bits per heavy atom. The fourth-order valence-corrected chi connectivity index (χ4v) is 6.24. The molecule has 40 heavy (non-hydrogen) atoms. The molecule has 2 atom stereocenters. The second kappa shape index (κ2) is 11.7. The number of rotatable bonds is 8. The number of carboxylic acid groups (broad SMARTS) is 1. The molecule has 1 saturated heterocycles. The molecule has 2 aliphatic heterocycles. The van der Waals surface area contributed by atoms with Crippen LogP contribution < -0.4 is 9.64 Å². The molecule has 0 aromatic heterocycles. The van der Waals surface area contributed by atoms with Crippen molar-refractivity contribution < 1.29 is 24.5 Å². The van der Waals surface area contributed by atoms with E-state index in [1.165, 1.54) is 10.5 Å². The third-order valence-corrected chi connectivity index (χ3v) is 8.54. The maximum Gasteiger partial charge on any atom is 0.407 e. The minimum absolute atomic E-state index is 0.0362. The van der Waals surface area contributed by atoms with Crippen LogP contribution in [0.2, 0.25) is 0 Å². The van der Waals surface area contributed by atoms with Gasteiger partial charge in [0.05, 0.1) is 12.6 Å². The van der Waals surface area contributed by atoms with Crippen LogP contribution in [0.15, 0.2) is 66.7 Å². The molecule has 3 aromatic carbocycles. The number of likely N-dealkylation sites (tertiary alicyclic amines) is 1. The summed E-state index contributed by atoms with van der Waals surface area (Å²) in [5.74, 6) is 0.889. The second-order valence-corrected chi connectivity index (χ2v) is 11.0. The molecule has 7 heteroatoms. The first-order chi connectivity index (χ1) is 19.3. The van der Waals surface area contributed by atoms with Gasteiger partial charge in [0.2, 0.25) is 5.91 Å². The lowest BCUT2D eigenvalue weighted by Gasteiger charge is -2.38. The molecule has 2 unspecified atom stereocenters. The third kappa shape index (κ3) is 5.43. The largest absolute Gasteiger partial charge is 0.493 e. The summed E-state index contributed by atoms with van der Waals surface area (Å²) in [5, 5.41) is 22.1. The highest BCUT2D eigenvalue weighted by molar-refractivity contribution is 5.94. The Labute approximate surface area is 236 Å². The van der Waals surface area contributed by atoms with E-state index in [0.717, 1.165) is 46.5 Å². The SMILES string of the molecule is Cc1cccc(OCCCC(=O)N2CCCc3c2cccc3C2(O)CCN(C(=O)O)C2Cc2ccccc2)c1C. The van der Waals surface area contributed by atoms with Crippen LogP contribution in [0, 0.1) is 13.8 Å². The summed E-state index contributed by atoms with van der Waals surface area (Å²) >= 11 is 0. The van der Waals surface area contributed by atoms with Crippen LogP contribution in [0.25, 0.3) is 0 Å². The Morgan fingerprint density at radius 1 is 1.00 bits per heavy atom. The van der Waals surface area contributed by atoms with Crippen LogP contribution in [0.4, 0.5) is 10.5 Å². The van der Waals surface area contributed by atoms with Crippen molar-refractivity contribution in [1.29, 1.82) is 0 Å². The van der Waals surface area contributed by atoms with E-state index in [2.05, 4.69) is 13.0 Å². The van der Waals surface area contributed by atoms with Gasteiger partial charge in [-0.2, -0.15) is 0 Å². The van der Waals surface area contributed by atoms with Gasteiger partial charge in [-0.3, -0.25) is 4.79 Å². The first-order valence-electron chi connectivity index (χ1n) is 14.2. The Morgan fingerprint density at radius 2 is 1.77 bits per heavy atom. The zero-order chi connectivity index (χ0) is 28.3. The molecule has 0 saturated carbocycles. The van der Waals surface area contributed by atoms with Crippen molar-refractivity contribution in [3.63, 3.8) is 0 Å². The fraction of sp³-hybridized carbons (Fsp3) is 0.394. The number of aryl methyl sites for hydroxylation is 1. The Hall–Kier alpha value is -3.84. The highest BCUT2D eigenvalue weighted by Gasteiger charge is 2.50. The minimum Gasteiger partial charge on any atom is -0.493 e. The lowest BCUT2D eigenvalue weighted by molar-refractivity contribution is -0.118. The van der Waals surface area contributed by atoms with Gasteiger partial charge >= 0.3 is 6.09 Å². The van der Waals surface area contributed by atoms with Crippen LogP contribution in [-0.2, 0) is 23.2 Å². The van der Waals surface area contributed by atoms with Crippen molar-refractivity contribution in [1.82, 2.24) is 4.90 Å². The van der Waals surface area contributed by atoms with E-state index in [9.17, 15) is 19.8 Å². The number of hydrogen-bond acceptors (Lipinski definition) is 4. The average molecular weight is 543 g/mol. The van der Waals surface area contributed by atoms with E-state index in [4.69, 9.17) is 4.74 Å². The molecular formula is C33H38N2O5. The van der Waals surface area contributed by atoms with E-state index < -0.39 is 17.7 Å². The monoisotopic (exact) mass is 542 g/mol. The number of anilines is 1. The summed E-state index contributed by atoms with van der Waals surface area (Å²) in [5.41, 5.74) is 4.44. The quantitative estimate of drug-likeness (QED) is 0.361. The van der Waals surface area contributed by atoms with Crippen molar-refractivity contribution in [3.05, 3.63) is 94.5 Å². The molecule has 2 aliphatic rings. The number of benzene rings is 3. The zero-order valence-corrected chi connectivity index (χ0v) is 23.3. The van der Waals surface area contributed by atoms with Gasteiger partial charge in [-0.15, -0.1) is 0 Å². The smallest absolute Gasteiger partial charge is 0.407 e. The van der Waals surface area contributed by atoms with Gasteiger partial charge in [-0.1, -0.05) is 54.6 Å². The van der Waals surface area contributed by atoms with Crippen molar-refractivity contribution in [2.45, 2.75) is 64.0 Å². The summed E-state index contributed by atoms with van der Waals surface area (Å²) < 4.78 is 5.96. The van der Waals surface area contributed by atoms with E-state index in [1.54, 1.807) is 0 Å². The molecule has 2 N–H and O–H groups in total. The second-order valence-electron chi connectivity index (χ2n) is 11.0. The van der Waals surface area contributed by atoms with Crippen molar-refractivity contribution in [2.24, 2.45) is 0 Å². The molecule has 0 spiro atoms. The van der Waals surface area contributed by atoms with Gasteiger partial charge in [-0.05, 0) is 79.5 Å². The zero-order valence-electron chi connectivity index (χ0n) is 23.3. The molecule has 5 rings (SSSR count). The number of carbonyl (C=O) groups is 2. The molecule has 3 aromatic rings. The highest BCUT2D eigenvalue weighted by atomic mass is 16.5. The maximum atomic E-state index is 13.4. The van der Waals surface area contributed by atoms with E-state index in [0.29, 0.717) is 38.8 Å². The summed E-state index contributed by atoms with van der Waals surface area (Å²) in [6.07, 6.45) is 2.20. The van der Waals surface area contributed by atoms with Gasteiger partial charge in [0.1, 0.15) is 11.4 Å². The topological polar surface area (TPSA) is 90.3 Å². The highest BCUT2D eigenvalue weighted by Crippen LogP contribution is 2.44. The standard InChI is InChI=1S/C33H38N2O5/c1-23-10-6-16-29(24(23)2)40-21-9-17-31(36)34-19-8-13-26-27(14-7-15-28(26)34)33(39)18-20-35(32(37)38)30(33)22-25-11-4-3-5-12-25/h3-7,10-12,14-16,30,39H,8-9,13,17-22H2,1-2H3,(H,37,38). The van der Waals surface area contributed by atoms with Gasteiger partial charge in [0.15, 0.2) is 0 Å². The van der Waals surface area contributed by atoms with Crippen molar-refractivity contribution in [2.75, 3.05) is 24.6 Å². The molecule has 0 bridgehead atoms. The Kier molecular flexibility index (Phi) is 8.12. The summed E-state index contributed by atoms with van der Waals surface area (Å²) in [4.78, 5) is 28.7. The van der Waals surface area contributed by atoms with Crippen LogP contribution >= 0.6 is 0 Å². The molecule has 2 amide bonds. The van der Waals surface area contributed by atoms with Crippen LogP contribution in [-0.4, -0.2) is 52.9 Å². The molecule has 7 nitrogen and oxygen atoms in total. The van der Waals surface area contributed by atoms with E-state index in [1.807, 2.05) is 72.5 Å². The van der Waals surface area contributed by atoms with E-state index in [-0.39, 0.29) is 12.5 Å². The predicted octanol–water partition coefficient (Wildman–Crippen LogP) is 5.62. The van der Waals surface area contributed by atoms with Gasteiger partial charge < -0.3 is 24.7 Å². The van der Waals surface area contributed by atoms with Gasteiger partial charge in [0.25, 0.3) is 0 Å². The Balaban J connectivity index is 1.34. The van der Waals surface area contributed by atoms with Crippen LogP contribution in [0.1, 0.15) is 53.5 Å². The van der Waals surface area contributed by atoms with Gasteiger partial charge in [-0.25, -0.2) is 4.79 Å². The summed E-state index contributed by atoms with van der Waals surface area (Å²) in [7, 11) is 0. The molecule has 2 heterocycles. The number of ether oxygens (including phenoxy) is 1. The molecule has 0 radical (unpaired) electrons. The number of fused-ring (bicyclic) bond motifs is 1. The lowest BCUT2D eigenvalue weighted by atomic mass is 9.79. The third-order valence-electron chi connectivity index (χ3n) is 8.54. The molecule has 1 fully saturated rings. The maximum absolute atomic E-state index is 13.4. The predicted molar refractivity (Wildman–Crippen MR) is 155 cm³/mol. The van der Waals surface area contributed by atoms with Crippen molar-refractivity contribution >= 4 is 17.7 Å². The van der Waals surface area contributed by atoms with Crippen molar-refractivity contribution in [3.8, 4) is 5.75 Å². The number of aliphatic hydroxyl groups is 1. The van der Waals surface area contributed by atoms with Crippen LogP contribution in [0.5, 0.6) is 5.75 Å². The van der Waals surface area contributed by atoms with Crippen LogP contribution in [0.3, 0.4) is 0 Å². The number of amides is 2. The number of nitrogens with zero attached hydrogens (tertiary/aromatic N) is 2. The van der Waals surface area contributed by atoms with E-state index >= 15 is 0 Å². The first-order valence-corrected chi connectivity index (χ1v) is 14.2. The molecular weight excluding hydrogens is 504 g/mol. The summed E-state index contributed by atoms with van der Waals surface area (Å²) in [6.45, 7) is 5.44. The molecule has 210 valence electrons. The number of carbonyl (C=O) groups excluding carboxylic acids is 1. The minimum atomic E-state index is -1.34. The fourth-order valence-electron chi connectivity index (χ4n) is 6.24. The Bertz CT molecular complexity index is 1370. The normalized spacial score (nSPS) is 20.3. The lowest BCUT2D eigenvalue weighted by Crippen LogP contribution is -2.47. The van der Waals surface area contributed by atoms with Gasteiger partial charge in [0, 0.05) is 31.6 Å².